The van der Waals surface area contributed by atoms with Crippen LogP contribution in [-0.4, -0.2) is 35.1 Å². The maximum atomic E-state index is 9.34. The molecule has 1 heterocycles. The highest BCUT2D eigenvalue weighted by Gasteiger charge is 2.37. The van der Waals surface area contributed by atoms with Crippen molar-refractivity contribution in [2.24, 2.45) is 5.92 Å². The fourth-order valence-electron chi connectivity index (χ4n) is 1.25. The third-order valence-electron chi connectivity index (χ3n) is 2.23. The standard InChI is InChI=1S/C7H14O3/c1-4-5(2)10-6(3-8)7(4)9/h4-9H,3H2,1-2H3/t4-,5+,6-,7+/m1/s1. The lowest BCUT2D eigenvalue weighted by Crippen LogP contribution is -2.28. The Morgan fingerprint density at radius 3 is 2.20 bits per heavy atom. The smallest absolute Gasteiger partial charge is 0.107 e. The molecular formula is C7H14O3. The summed E-state index contributed by atoms with van der Waals surface area (Å²) in [6.07, 6.45) is -0.808. The van der Waals surface area contributed by atoms with Crippen molar-refractivity contribution in [1.82, 2.24) is 0 Å². The van der Waals surface area contributed by atoms with Gasteiger partial charge in [-0.2, -0.15) is 0 Å². The zero-order chi connectivity index (χ0) is 7.72. The molecule has 1 saturated heterocycles. The molecule has 0 spiro atoms. The zero-order valence-electron chi connectivity index (χ0n) is 6.32. The van der Waals surface area contributed by atoms with Gasteiger partial charge in [0.15, 0.2) is 0 Å². The summed E-state index contributed by atoms with van der Waals surface area (Å²) in [5, 5.41) is 18.0. The summed E-state index contributed by atoms with van der Waals surface area (Å²) < 4.78 is 5.23. The van der Waals surface area contributed by atoms with Gasteiger partial charge >= 0.3 is 0 Å². The van der Waals surface area contributed by atoms with Crippen LogP contribution in [0.25, 0.3) is 0 Å². The minimum absolute atomic E-state index is 0.0622. The Balaban J connectivity index is 2.53. The third kappa shape index (κ3) is 1.17. The first kappa shape index (κ1) is 7.98. The van der Waals surface area contributed by atoms with Gasteiger partial charge in [-0.25, -0.2) is 0 Å². The van der Waals surface area contributed by atoms with Crippen LogP contribution in [0.15, 0.2) is 0 Å². The van der Waals surface area contributed by atoms with Gasteiger partial charge < -0.3 is 14.9 Å². The van der Waals surface area contributed by atoms with Gasteiger partial charge in [-0.3, -0.25) is 0 Å². The van der Waals surface area contributed by atoms with E-state index in [1.165, 1.54) is 0 Å². The van der Waals surface area contributed by atoms with Crippen LogP contribution in [0.1, 0.15) is 13.8 Å². The second-order valence-corrected chi connectivity index (χ2v) is 2.91. The van der Waals surface area contributed by atoms with E-state index in [-0.39, 0.29) is 24.7 Å². The van der Waals surface area contributed by atoms with Gasteiger partial charge in [0, 0.05) is 5.92 Å². The average molecular weight is 146 g/mol. The van der Waals surface area contributed by atoms with E-state index >= 15 is 0 Å². The molecule has 1 aliphatic heterocycles. The number of rotatable bonds is 1. The molecule has 1 aliphatic rings. The van der Waals surface area contributed by atoms with Crippen LogP contribution in [-0.2, 0) is 4.74 Å². The van der Waals surface area contributed by atoms with E-state index in [1.807, 2.05) is 13.8 Å². The minimum Gasteiger partial charge on any atom is -0.394 e. The van der Waals surface area contributed by atoms with Crippen LogP contribution in [0.2, 0.25) is 0 Å². The highest BCUT2D eigenvalue weighted by molar-refractivity contribution is 4.85. The fraction of sp³-hybridized carbons (Fsp3) is 1.00. The van der Waals surface area contributed by atoms with Gasteiger partial charge in [0.2, 0.25) is 0 Å². The van der Waals surface area contributed by atoms with Crippen molar-refractivity contribution in [3.05, 3.63) is 0 Å². The molecule has 10 heavy (non-hydrogen) atoms. The molecule has 3 heteroatoms. The Morgan fingerprint density at radius 2 is 2.00 bits per heavy atom. The van der Waals surface area contributed by atoms with Crippen molar-refractivity contribution in [2.75, 3.05) is 6.61 Å². The molecule has 2 N–H and O–H groups in total. The molecule has 1 fully saturated rings. The van der Waals surface area contributed by atoms with Crippen molar-refractivity contribution < 1.29 is 14.9 Å². The Hall–Kier alpha value is -0.120. The summed E-state index contributed by atoms with van der Waals surface area (Å²) in [4.78, 5) is 0. The zero-order valence-corrected chi connectivity index (χ0v) is 6.32. The first-order valence-corrected chi connectivity index (χ1v) is 3.61. The highest BCUT2D eigenvalue weighted by Crippen LogP contribution is 2.25. The lowest BCUT2D eigenvalue weighted by atomic mass is 10.00. The number of hydrogen-bond donors (Lipinski definition) is 2. The van der Waals surface area contributed by atoms with Crippen LogP contribution in [0, 0.1) is 5.92 Å². The van der Waals surface area contributed by atoms with Crippen LogP contribution < -0.4 is 0 Å². The quantitative estimate of drug-likeness (QED) is 0.537. The van der Waals surface area contributed by atoms with Crippen LogP contribution in [0.3, 0.4) is 0 Å². The van der Waals surface area contributed by atoms with Gasteiger partial charge in [0.05, 0.1) is 18.8 Å². The summed E-state index contributed by atoms with van der Waals surface area (Å²) in [5.74, 6) is 0.136. The summed E-state index contributed by atoms with van der Waals surface area (Å²) in [6.45, 7) is 3.74. The molecular weight excluding hydrogens is 132 g/mol. The Bertz CT molecular complexity index is 115. The molecule has 0 aromatic carbocycles. The maximum Gasteiger partial charge on any atom is 0.107 e. The van der Waals surface area contributed by atoms with Gasteiger partial charge in [0.1, 0.15) is 6.10 Å². The summed E-state index contributed by atoms with van der Waals surface area (Å²) in [7, 11) is 0. The topological polar surface area (TPSA) is 49.7 Å². The molecule has 0 amide bonds. The lowest BCUT2D eigenvalue weighted by Gasteiger charge is -2.11. The number of aliphatic hydroxyl groups excluding tert-OH is 2. The maximum absolute atomic E-state index is 9.34. The van der Waals surface area contributed by atoms with Crippen molar-refractivity contribution in [3.8, 4) is 0 Å². The van der Waals surface area contributed by atoms with Crippen molar-refractivity contribution in [1.29, 1.82) is 0 Å². The minimum atomic E-state index is -0.500. The predicted molar refractivity (Wildman–Crippen MR) is 36.6 cm³/mol. The SMILES string of the molecule is C[C@H]1[C@H](O)[C@@H](CO)O[C@H]1C. The van der Waals surface area contributed by atoms with E-state index in [4.69, 9.17) is 9.84 Å². The molecule has 0 aliphatic carbocycles. The van der Waals surface area contributed by atoms with Crippen LogP contribution >= 0.6 is 0 Å². The molecule has 0 radical (unpaired) electrons. The van der Waals surface area contributed by atoms with Crippen molar-refractivity contribution >= 4 is 0 Å². The normalized spacial score (nSPS) is 48.0. The fourth-order valence-corrected chi connectivity index (χ4v) is 1.25. The Morgan fingerprint density at radius 1 is 1.40 bits per heavy atom. The number of hydrogen-bond acceptors (Lipinski definition) is 3. The highest BCUT2D eigenvalue weighted by atomic mass is 16.5. The van der Waals surface area contributed by atoms with E-state index in [2.05, 4.69) is 0 Å². The van der Waals surface area contributed by atoms with E-state index < -0.39 is 6.10 Å². The molecule has 0 aromatic heterocycles. The second kappa shape index (κ2) is 2.86. The molecule has 0 bridgehead atoms. The largest absolute Gasteiger partial charge is 0.394 e. The van der Waals surface area contributed by atoms with Gasteiger partial charge in [-0.1, -0.05) is 6.92 Å². The van der Waals surface area contributed by atoms with Gasteiger partial charge in [0.25, 0.3) is 0 Å². The van der Waals surface area contributed by atoms with Gasteiger partial charge in [-0.05, 0) is 6.92 Å². The lowest BCUT2D eigenvalue weighted by molar-refractivity contribution is -0.0170. The first-order chi connectivity index (χ1) is 4.66. The molecule has 3 nitrogen and oxygen atoms in total. The van der Waals surface area contributed by atoms with Gasteiger partial charge in [-0.15, -0.1) is 0 Å². The summed E-state index contributed by atoms with van der Waals surface area (Å²) in [6, 6.07) is 0. The van der Waals surface area contributed by atoms with E-state index in [0.29, 0.717) is 0 Å². The predicted octanol–water partition coefficient (Wildman–Crippen LogP) is -0.237. The molecule has 0 saturated carbocycles. The average Bonchev–Trinajstić information content (AvgIpc) is 2.17. The third-order valence-corrected chi connectivity index (χ3v) is 2.23. The van der Waals surface area contributed by atoms with Crippen molar-refractivity contribution in [3.63, 3.8) is 0 Å². The molecule has 0 unspecified atom stereocenters. The van der Waals surface area contributed by atoms with Crippen LogP contribution in [0.5, 0.6) is 0 Å². The van der Waals surface area contributed by atoms with E-state index in [1.54, 1.807) is 0 Å². The van der Waals surface area contributed by atoms with E-state index in [9.17, 15) is 5.11 Å². The Labute approximate surface area is 60.6 Å². The molecule has 60 valence electrons. The Kier molecular flexibility index (Phi) is 2.28. The summed E-state index contributed by atoms with van der Waals surface area (Å²) >= 11 is 0. The molecule has 0 aromatic rings. The van der Waals surface area contributed by atoms with Crippen LogP contribution in [0.4, 0.5) is 0 Å². The molecule has 1 rings (SSSR count). The summed E-state index contributed by atoms with van der Waals surface area (Å²) in [5.41, 5.74) is 0. The number of ether oxygens (including phenoxy) is 1. The first-order valence-electron chi connectivity index (χ1n) is 3.61. The van der Waals surface area contributed by atoms with E-state index in [0.717, 1.165) is 0 Å². The number of aliphatic hydroxyl groups is 2. The van der Waals surface area contributed by atoms with Crippen molar-refractivity contribution in [2.45, 2.75) is 32.2 Å². The second-order valence-electron chi connectivity index (χ2n) is 2.91. The monoisotopic (exact) mass is 146 g/mol. The molecule has 4 atom stereocenters.